The van der Waals surface area contributed by atoms with Crippen molar-refractivity contribution >= 4 is 32.3 Å². The molecular weight excluding hydrogens is 624 g/mol. The predicted octanol–water partition coefficient (Wildman–Crippen LogP) is 3.71. The van der Waals surface area contributed by atoms with Crippen molar-refractivity contribution in [1.29, 1.82) is 0 Å². The van der Waals surface area contributed by atoms with Gasteiger partial charge < -0.3 is 59.1 Å². The molecule has 0 radical (unpaired) electrons. The molecule has 4 aromatic carbocycles. The molecule has 0 unspecified atom stereocenters. The van der Waals surface area contributed by atoms with Crippen molar-refractivity contribution in [2.75, 3.05) is 79.3 Å². The number of aliphatic hydroxyl groups is 6. The second kappa shape index (κ2) is 19.9. The summed E-state index contributed by atoms with van der Waals surface area (Å²) >= 11 is 0. The molecule has 48 heavy (non-hydrogen) atoms. The molecule has 12 heteroatoms. The lowest BCUT2D eigenvalue weighted by atomic mass is 9.93. The fraction of sp³-hybridized carbons (Fsp3) is 0.500. The van der Waals surface area contributed by atoms with E-state index < -0.39 is 0 Å². The molecule has 12 nitrogen and oxygen atoms in total. The van der Waals surface area contributed by atoms with E-state index in [0.717, 1.165) is 32.3 Å². The first-order valence-electron chi connectivity index (χ1n) is 16.6. The van der Waals surface area contributed by atoms with E-state index in [1.165, 1.54) is 0 Å². The second-order valence-corrected chi connectivity index (χ2v) is 11.1. The van der Waals surface area contributed by atoms with Gasteiger partial charge in [-0.05, 0) is 68.7 Å². The molecule has 0 atom stereocenters. The first kappa shape index (κ1) is 37.0. The highest BCUT2D eigenvalue weighted by atomic mass is 16.5. The summed E-state index contributed by atoms with van der Waals surface area (Å²) in [4.78, 5) is 0. The van der Waals surface area contributed by atoms with Gasteiger partial charge in [0.05, 0.1) is 39.6 Å². The van der Waals surface area contributed by atoms with Crippen LogP contribution in [0.2, 0.25) is 0 Å². The monoisotopic (exact) mass is 672 g/mol. The largest absolute Gasteiger partial charge is 0.490 e. The molecule has 0 saturated heterocycles. The lowest BCUT2D eigenvalue weighted by Crippen LogP contribution is -2.06. The minimum Gasteiger partial charge on any atom is -0.490 e. The number of ether oxygens (including phenoxy) is 6. The van der Waals surface area contributed by atoms with Crippen molar-refractivity contribution < 1.29 is 59.1 Å². The number of aliphatic hydroxyl groups excluding tert-OH is 6. The van der Waals surface area contributed by atoms with Crippen molar-refractivity contribution in [2.24, 2.45) is 0 Å². The van der Waals surface area contributed by atoms with Crippen molar-refractivity contribution in [3.8, 4) is 34.5 Å². The van der Waals surface area contributed by atoms with Crippen molar-refractivity contribution in [2.45, 2.75) is 38.5 Å². The summed E-state index contributed by atoms with van der Waals surface area (Å²) < 4.78 is 36.6. The molecule has 0 saturated carbocycles. The molecule has 0 heterocycles. The van der Waals surface area contributed by atoms with Gasteiger partial charge in [-0.25, -0.2) is 0 Å². The standard InChI is InChI=1S/C36H48O12/c37-7-1-13-43-31-19-25-26(20-32(31)44-14-2-8-38)28-22-34(46-16-4-10-40)36(48-18-6-12-42)24-30(28)29-23-35(47-17-5-11-41)33(21-27(25)29)45-15-3-9-39/h19-24,37-42H,1-18H2. The summed E-state index contributed by atoms with van der Waals surface area (Å²) in [6.45, 7) is 1.40. The third kappa shape index (κ3) is 9.65. The van der Waals surface area contributed by atoms with Gasteiger partial charge >= 0.3 is 0 Å². The smallest absolute Gasteiger partial charge is 0.161 e. The Balaban J connectivity index is 2.05. The third-order valence-electron chi connectivity index (χ3n) is 7.48. The van der Waals surface area contributed by atoms with Crippen LogP contribution in [-0.2, 0) is 0 Å². The van der Waals surface area contributed by atoms with Crippen LogP contribution in [0.15, 0.2) is 36.4 Å². The Bertz CT molecular complexity index is 1250. The highest BCUT2D eigenvalue weighted by molar-refractivity contribution is 6.26. The van der Waals surface area contributed by atoms with Crippen LogP contribution in [-0.4, -0.2) is 110 Å². The third-order valence-corrected chi connectivity index (χ3v) is 7.48. The van der Waals surface area contributed by atoms with Crippen LogP contribution in [0.25, 0.3) is 32.3 Å². The summed E-state index contributed by atoms with van der Waals surface area (Å²) in [6, 6.07) is 11.4. The van der Waals surface area contributed by atoms with E-state index in [4.69, 9.17) is 28.4 Å². The summed E-state index contributed by atoms with van der Waals surface area (Å²) in [5, 5.41) is 61.2. The van der Waals surface area contributed by atoms with Crippen molar-refractivity contribution in [3.05, 3.63) is 36.4 Å². The zero-order valence-electron chi connectivity index (χ0n) is 27.3. The molecule has 6 N–H and O–H groups in total. The maximum Gasteiger partial charge on any atom is 0.161 e. The average molecular weight is 673 g/mol. The number of hydrogen-bond donors (Lipinski definition) is 6. The molecule has 0 aliphatic heterocycles. The van der Waals surface area contributed by atoms with Gasteiger partial charge in [0.1, 0.15) is 0 Å². The quantitative estimate of drug-likeness (QED) is 0.0471. The maximum atomic E-state index is 9.39. The summed E-state index contributed by atoms with van der Waals surface area (Å²) in [7, 11) is 0. The van der Waals surface area contributed by atoms with Gasteiger partial charge in [-0.1, -0.05) is 0 Å². The number of hydrogen-bond acceptors (Lipinski definition) is 12. The van der Waals surface area contributed by atoms with Gasteiger partial charge in [-0.2, -0.15) is 0 Å². The topological polar surface area (TPSA) is 177 Å². The van der Waals surface area contributed by atoms with Crippen LogP contribution in [0.3, 0.4) is 0 Å². The Kier molecular flexibility index (Phi) is 15.4. The molecule has 0 spiro atoms. The van der Waals surface area contributed by atoms with Crippen LogP contribution < -0.4 is 28.4 Å². The normalized spacial score (nSPS) is 11.4. The first-order valence-corrected chi connectivity index (χ1v) is 16.6. The highest BCUT2D eigenvalue weighted by Gasteiger charge is 2.20. The fourth-order valence-corrected chi connectivity index (χ4v) is 5.17. The minimum atomic E-state index is -0.0305. The van der Waals surface area contributed by atoms with E-state index in [9.17, 15) is 30.6 Å². The molecule has 4 aromatic rings. The molecule has 0 amide bonds. The summed E-state index contributed by atoms with van der Waals surface area (Å²) in [5.41, 5.74) is 0. The van der Waals surface area contributed by atoms with Crippen molar-refractivity contribution in [3.63, 3.8) is 0 Å². The number of fused-ring (bicyclic) bond motifs is 6. The van der Waals surface area contributed by atoms with E-state index >= 15 is 0 Å². The van der Waals surface area contributed by atoms with Gasteiger partial charge in [0.15, 0.2) is 34.5 Å². The maximum absolute atomic E-state index is 9.39. The molecular formula is C36H48O12. The zero-order valence-corrected chi connectivity index (χ0v) is 27.3. The lowest BCUT2D eigenvalue weighted by Gasteiger charge is -2.20. The van der Waals surface area contributed by atoms with Crippen LogP contribution in [0.1, 0.15) is 38.5 Å². The minimum absolute atomic E-state index is 0.0305. The molecule has 0 aliphatic rings. The summed E-state index contributed by atoms with van der Waals surface area (Å²) in [6.07, 6.45) is 2.57. The Morgan fingerprint density at radius 2 is 0.417 bits per heavy atom. The van der Waals surface area contributed by atoms with E-state index in [-0.39, 0.29) is 79.3 Å². The lowest BCUT2D eigenvalue weighted by molar-refractivity contribution is 0.211. The molecule has 0 aliphatic carbocycles. The molecule has 264 valence electrons. The number of benzene rings is 4. The van der Waals surface area contributed by atoms with E-state index in [0.29, 0.717) is 73.0 Å². The SMILES string of the molecule is OCCCOc1cc2c3cc(OCCCO)c(OCCCO)cc3c3cc(OCCCO)c(OCCCO)cc3c2cc1OCCCO. The van der Waals surface area contributed by atoms with Crippen molar-refractivity contribution in [1.82, 2.24) is 0 Å². The van der Waals surface area contributed by atoms with Crippen LogP contribution >= 0.6 is 0 Å². The Morgan fingerprint density at radius 3 is 0.542 bits per heavy atom. The first-order chi connectivity index (χ1) is 23.6. The highest BCUT2D eigenvalue weighted by Crippen LogP contribution is 2.47. The number of rotatable bonds is 24. The van der Waals surface area contributed by atoms with Gasteiger partial charge in [-0.3, -0.25) is 0 Å². The van der Waals surface area contributed by atoms with Crippen LogP contribution in [0.5, 0.6) is 34.5 Å². The predicted molar refractivity (Wildman–Crippen MR) is 182 cm³/mol. The van der Waals surface area contributed by atoms with Gasteiger partial charge in [-0.15, -0.1) is 0 Å². The van der Waals surface area contributed by atoms with Crippen LogP contribution in [0, 0.1) is 0 Å². The fourth-order valence-electron chi connectivity index (χ4n) is 5.17. The molecule has 0 bridgehead atoms. The second-order valence-electron chi connectivity index (χ2n) is 11.1. The molecule has 0 aromatic heterocycles. The average Bonchev–Trinajstić information content (AvgIpc) is 3.09. The Labute approximate surface area is 279 Å². The van der Waals surface area contributed by atoms with Crippen LogP contribution in [0.4, 0.5) is 0 Å². The van der Waals surface area contributed by atoms with E-state index in [2.05, 4.69) is 0 Å². The zero-order chi connectivity index (χ0) is 34.1. The molecule has 4 rings (SSSR count). The Morgan fingerprint density at radius 1 is 0.271 bits per heavy atom. The van der Waals surface area contributed by atoms with Gasteiger partial charge in [0, 0.05) is 78.2 Å². The van der Waals surface area contributed by atoms with Gasteiger partial charge in [0.25, 0.3) is 0 Å². The Hall–Kier alpha value is -3.78. The molecule has 0 fully saturated rings. The van der Waals surface area contributed by atoms with E-state index in [1.54, 1.807) is 0 Å². The van der Waals surface area contributed by atoms with Gasteiger partial charge in [0.2, 0.25) is 0 Å². The van der Waals surface area contributed by atoms with E-state index in [1.807, 2.05) is 36.4 Å². The summed E-state index contributed by atoms with van der Waals surface area (Å²) in [5.74, 6) is 2.86.